The maximum absolute atomic E-state index is 3.38. The first-order valence-electron chi connectivity index (χ1n) is 7.40. The standard InChI is InChI=1S/C18H18N2S/c1-2-6-18-16(5-1)17(12-19-18)14-7-9-20(10-8-14)13-15-4-3-11-21-15/h1-7,11-12,19H,8-10,13H2. The fourth-order valence-electron chi connectivity index (χ4n) is 3.06. The van der Waals surface area contributed by atoms with Gasteiger partial charge in [-0.05, 0) is 29.5 Å². The van der Waals surface area contributed by atoms with E-state index in [1.807, 2.05) is 11.3 Å². The molecule has 3 heteroatoms. The van der Waals surface area contributed by atoms with Crippen LogP contribution in [0.1, 0.15) is 16.9 Å². The van der Waals surface area contributed by atoms with Crippen molar-refractivity contribution in [3.63, 3.8) is 0 Å². The van der Waals surface area contributed by atoms with Gasteiger partial charge in [0.25, 0.3) is 0 Å². The average Bonchev–Trinajstić information content (AvgIpc) is 3.17. The van der Waals surface area contributed by atoms with E-state index < -0.39 is 0 Å². The number of aromatic amines is 1. The molecule has 4 rings (SSSR count). The Kier molecular flexibility index (Phi) is 3.37. The number of nitrogens with zero attached hydrogens (tertiary/aromatic N) is 1. The van der Waals surface area contributed by atoms with Gasteiger partial charge in [0.1, 0.15) is 0 Å². The zero-order valence-corrected chi connectivity index (χ0v) is 12.7. The van der Waals surface area contributed by atoms with Crippen molar-refractivity contribution in [1.82, 2.24) is 9.88 Å². The third-order valence-electron chi connectivity index (χ3n) is 4.19. The summed E-state index contributed by atoms with van der Waals surface area (Å²) >= 11 is 1.85. The van der Waals surface area contributed by atoms with Gasteiger partial charge < -0.3 is 4.98 Å². The summed E-state index contributed by atoms with van der Waals surface area (Å²) in [4.78, 5) is 7.36. The Morgan fingerprint density at radius 3 is 2.90 bits per heavy atom. The number of fused-ring (bicyclic) bond motifs is 1. The third kappa shape index (κ3) is 2.55. The van der Waals surface area contributed by atoms with Gasteiger partial charge in [0.05, 0.1) is 0 Å². The molecular weight excluding hydrogens is 276 g/mol. The Morgan fingerprint density at radius 1 is 1.14 bits per heavy atom. The second-order valence-corrected chi connectivity index (χ2v) is 6.57. The molecule has 3 aromatic rings. The molecule has 0 fully saturated rings. The van der Waals surface area contributed by atoms with Crippen molar-refractivity contribution in [2.75, 3.05) is 13.1 Å². The lowest BCUT2D eigenvalue weighted by Gasteiger charge is -2.25. The first-order chi connectivity index (χ1) is 10.4. The number of H-pyrrole nitrogens is 1. The predicted octanol–water partition coefficient (Wildman–Crippen LogP) is 4.52. The average molecular weight is 294 g/mol. The van der Waals surface area contributed by atoms with Gasteiger partial charge in [0.15, 0.2) is 0 Å². The van der Waals surface area contributed by atoms with E-state index in [1.54, 1.807) is 0 Å². The highest BCUT2D eigenvalue weighted by atomic mass is 32.1. The lowest BCUT2D eigenvalue weighted by atomic mass is 9.99. The Bertz CT molecular complexity index is 767. The maximum Gasteiger partial charge on any atom is 0.0460 e. The van der Waals surface area contributed by atoms with Gasteiger partial charge in [-0.15, -0.1) is 11.3 Å². The summed E-state index contributed by atoms with van der Waals surface area (Å²) in [6.45, 7) is 3.27. The van der Waals surface area contributed by atoms with Crippen LogP contribution in [0.15, 0.2) is 54.1 Å². The van der Waals surface area contributed by atoms with E-state index in [9.17, 15) is 0 Å². The maximum atomic E-state index is 3.38. The zero-order valence-electron chi connectivity index (χ0n) is 11.9. The van der Waals surface area contributed by atoms with Crippen LogP contribution in [0.4, 0.5) is 0 Å². The molecule has 0 aliphatic carbocycles. The van der Waals surface area contributed by atoms with Crippen LogP contribution in [0.5, 0.6) is 0 Å². The normalized spacial score (nSPS) is 16.3. The Balaban J connectivity index is 1.54. The van der Waals surface area contributed by atoms with Crippen LogP contribution in [0, 0.1) is 0 Å². The number of aromatic nitrogens is 1. The lowest BCUT2D eigenvalue weighted by molar-refractivity contribution is 0.296. The van der Waals surface area contributed by atoms with Crippen LogP contribution in [-0.4, -0.2) is 23.0 Å². The van der Waals surface area contributed by atoms with Gasteiger partial charge in [0.2, 0.25) is 0 Å². The van der Waals surface area contributed by atoms with Crippen molar-refractivity contribution in [1.29, 1.82) is 0 Å². The molecule has 1 aliphatic heterocycles. The quantitative estimate of drug-likeness (QED) is 0.752. The van der Waals surface area contributed by atoms with Crippen molar-refractivity contribution in [2.45, 2.75) is 13.0 Å². The molecule has 0 spiro atoms. The number of hydrogen-bond acceptors (Lipinski definition) is 2. The van der Waals surface area contributed by atoms with Gasteiger partial charge >= 0.3 is 0 Å². The van der Waals surface area contributed by atoms with Crippen molar-refractivity contribution in [3.05, 3.63) is 64.5 Å². The summed E-state index contributed by atoms with van der Waals surface area (Å²) in [5.41, 5.74) is 4.09. The van der Waals surface area contributed by atoms with E-state index in [2.05, 4.69) is 63.9 Å². The van der Waals surface area contributed by atoms with E-state index in [0.29, 0.717) is 0 Å². The Morgan fingerprint density at radius 2 is 2.10 bits per heavy atom. The van der Waals surface area contributed by atoms with Gasteiger partial charge in [-0.25, -0.2) is 0 Å². The highest BCUT2D eigenvalue weighted by Gasteiger charge is 2.15. The highest BCUT2D eigenvalue weighted by molar-refractivity contribution is 7.09. The van der Waals surface area contributed by atoms with Gasteiger partial charge in [-0.3, -0.25) is 4.90 Å². The molecule has 0 radical (unpaired) electrons. The first kappa shape index (κ1) is 12.9. The molecule has 0 atom stereocenters. The van der Waals surface area contributed by atoms with Crippen LogP contribution < -0.4 is 0 Å². The minimum Gasteiger partial charge on any atom is -0.361 e. The molecule has 3 heterocycles. The SMILES string of the molecule is C1=C(c2c[nH]c3ccccc23)CCN(Cc2cccs2)C1. The summed E-state index contributed by atoms with van der Waals surface area (Å²) < 4.78 is 0. The third-order valence-corrected chi connectivity index (χ3v) is 5.05. The van der Waals surface area contributed by atoms with Crippen molar-refractivity contribution >= 4 is 27.8 Å². The van der Waals surface area contributed by atoms with Crippen LogP contribution in [0.2, 0.25) is 0 Å². The monoisotopic (exact) mass is 294 g/mol. The van der Waals surface area contributed by atoms with Crippen LogP contribution in [0.3, 0.4) is 0 Å². The summed E-state index contributed by atoms with van der Waals surface area (Å²) in [6.07, 6.45) is 5.69. The minimum atomic E-state index is 1.05. The zero-order chi connectivity index (χ0) is 14.1. The largest absolute Gasteiger partial charge is 0.361 e. The Hall–Kier alpha value is -1.84. The van der Waals surface area contributed by atoms with Crippen LogP contribution in [-0.2, 0) is 6.54 Å². The molecule has 0 amide bonds. The highest BCUT2D eigenvalue weighted by Crippen LogP contribution is 2.29. The molecule has 2 aromatic heterocycles. The molecule has 0 saturated carbocycles. The van der Waals surface area contributed by atoms with E-state index in [-0.39, 0.29) is 0 Å². The van der Waals surface area contributed by atoms with Crippen LogP contribution in [0.25, 0.3) is 16.5 Å². The number of nitrogens with one attached hydrogen (secondary N) is 1. The van der Waals surface area contributed by atoms with Crippen molar-refractivity contribution < 1.29 is 0 Å². The molecule has 0 bridgehead atoms. The Labute approximate surface area is 128 Å². The smallest absolute Gasteiger partial charge is 0.0460 e. The summed E-state index contributed by atoms with van der Waals surface area (Å²) in [5.74, 6) is 0. The molecule has 0 saturated heterocycles. The van der Waals surface area contributed by atoms with E-state index in [1.165, 1.54) is 26.9 Å². The first-order valence-corrected chi connectivity index (χ1v) is 8.28. The fourth-order valence-corrected chi connectivity index (χ4v) is 3.81. The van der Waals surface area contributed by atoms with Crippen LogP contribution >= 0.6 is 11.3 Å². The van der Waals surface area contributed by atoms with Gasteiger partial charge in [0, 0.05) is 47.2 Å². The van der Waals surface area contributed by atoms with Gasteiger partial charge in [-0.1, -0.05) is 30.3 Å². The number of rotatable bonds is 3. The fraction of sp³-hybridized carbons (Fsp3) is 0.222. The molecule has 2 nitrogen and oxygen atoms in total. The molecule has 1 N–H and O–H groups in total. The summed E-state index contributed by atoms with van der Waals surface area (Å²) in [5, 5.41) is 3.50. The summed E-state index contributed by atoms with van der Waals surface area (Å²) in [7, 11) is 0. The number of hydrogen-bond donors (Lipinski definition) is 1. The predicted molar refractivity (Wildman–Crippen MR) is 90.5 cm³/mol. The van der Waals surface area contributed by atoms with E-state index in [4.69, 9.17) is 0 Å². The lowest BCUT2D eigenvalue weighted by Crippen LogP contribution is -2.27. The summed E-state index contributed by atoms with van der Waals surface area (Å²) in [6, 6.07) is 12.9. The molecule has 1 aliphatic rings. The van der Waals surface area contributed by atoms with Crippen molar-refractivity contribution in [3.8, 4) is 0 Å². The minimum absolute atomic E-state index is 1.05. The second-order valence-electron chi connectivity index (χ2n) is 5.54. The second kappa shape index (κ2) is 5.51. The van der Waals surface area contributed by atoms with E-state index >= 15 is 0 Å². The number of thiophene rings is 1. The molecular formula is C18H18N2S. The topological polar surface area (TPSA) is 19.0 Å². The van der Waals surface area contributed by atoms with E-state index in [0.717, 1.165) is 26.1 Å². The molecule has 106 valence electrons. The molecule has 21 heavy (non-hydrogen) atoms. The molecule has 1 aromatic carbocycles. The molecule has 0 unspecified atom stereocenters. The van der Waals surface area contributed by atoms with Gasteiger partial charge in [-0.2, -0.15) is 0 Å². The number of benzene rings is 1. The number of para-hydroxylation sites is 1. The van der Waals surface area contributed by atoms with Crippen molar-refractivity contribution in [2.24, 2.45) is 0 Å².